The van der Waals surface area contributed by atoms with Crippen LogP contribution < -0.4 is 5.32 Å². The molecule has 2 rings (SSSR count). The molecule has 0 radical (unpaired) electrons. The monoisotopic (exact) mass is 254 g/mol. The second-order valence-corrected chi connectivity index (χ2v) is 5.45. The Labute approximate surface area is 110 Å². The van der Waals surface area contributed by atoms with E-state index in [1.807, 2.05) is 6.92 Å². The van der Waals surface area contributed by atoms with Crippen LogP contribution in [0.15, 0.2) is 0 Å². The van der Waals surface area contributed by atoms with E-state index in [0.29, 0.717) is 19.6 Å². The highest BCUT2D eigenvalue weighted by Gasteiger charge is 2.41. The molecule has 4 heteroatoms. The zero-order chi connectivity index (χ0) is 12.8. The van der Waals surface area contributed by atoms with Crippen molar-refractivity contribution in [3.63, 3.8) is 0 Å². The minimum Gasteiger partial charge on any atom is -0.381 e. The molecule has 1 saturated carbocycles. The van der Waals surface area contributed by atoms with Crippen LogP contribution in [0.3, 0.4) is 0 Å². The summed E-state index contributed by atoms with van der Waals surface area (Å²) in [5.74, 6) is 0.284. The van der Waals surface area contributed by atoms with E-state index in [0.717, 1.165) is 19.6 Å². The summed E-state index contributed by atoms with van der Waals surface area (Å²) in [6.07, 6.45) is 6.72. The van der Waals surface area contributed by atoms with Crippen molar-refractivity contribution in [1.29, 1.82) is 0 Å². The Bertz CT molecular complexity index is 267. The van der Waals surface area contributed by atoms with Gasteiger partial charge in [-0.25, -0.2) is 0 Å². The van der Waals surface area contributed by atoms with Gasteiger partial charge in [-0.05, 0) is 19.8 Å². The van der Waals surface area contributed by atoms with E-state index in [9.17, 15) is 4.79 Å². The molecule has 0 aromatic carbocycles. The van der Waals surface area contributed by atoms with E-state index in [4.69, 9.17) is 4.74 Å². The van der Waals surface area contributed by atoms with Crippen LogP contribution in [0.25, 0.3) is 0 Å². The average molecular weight is 254 g/mol. The first kappa shape index (κ1) is 13.8. The molecule has 1 heterocycles. The van der Waals surface area contributed by atoms with Crippen LogP contribution in [0.1, 0.15) is 45.4 Å². The smallest absolute Gasteiger partial charge is 0.225 e. The molecule has 104 valence electrons. The van der Waals surface area contributed by atoms with Crippen LogP contribution in [0, 0.1) is 0 Å². The van der Waals surface area contributed by atoms with Crippen molar-refractivity contribution in [2.75, 3.05) is 32.8 Å². The fourth-order valence-electron chi connectivity index (χ4n) is 3.33. The number of carbonyl (C=O) groups is 1. The van der Waals surface area contributed by atoms with E-state index < -0.39 is 0 Å². The average Bonchev–Trinajstić information content (AvgIpc) is 2.40. The summed E-state index contributed by atoms with van der Waals surface area (Å²) in [5, 5.41) is 3.47. The molecule has 0 aromatic heterocycles. The number of ether oxygens (including phenoxy) is 1. The highest BCUT2D eigenvalue weighted by atomic mass is 16.5. The van der Waals surface area contributed by atoms with Gasteiger partial charge >= 0.3 is 0 Å². The molecule has 2 fully saturated rings. The molecule has 1 N–H and O–H groups in total. The zero-order valence-electron chi connectivity index (χ0n) is 11.5. The van der Waals surface area contributed by atoms with Gasteiger partial charge < -0.3 is 15.0 Å². The number of carbonyl (C=O) groups excluding carboxylic acids is 1. The number of nitrogens with one attached hydrogen (secondary N) is 1. The molecule has 0 aromatic rings. The molecule has 18 heavy (non-hydrogen) atoms. The van der Waals surface area contributed by atoms with Crippen molar-refractivity contribution >= 4 is 5.91 Å². The Morgan fingerprint density at radius 1 is 1.33 bits per heavy atom. The molecule has 4 nitrogen and oxygen atoms in total. The van der Waals surface area contributed by atoms with E-state index in [-0.39, 0.29) is 11.4 Å². The minimum atomic E-state index is 0.111. The highest BCUT2D eigenvalue weighted by molar-refractivity contribution is 5.77. The first-order chi connectivity index (χ1) is 8.78. The van der Waals surface area contributed by atoms with Crippen LogP contribution in [0.2, 0.25) is 0 Å². The number of hydrogen-bond acceptors (Lipinski definition) is 3. The Morgan fingerprint density at radius 2 is 2.11 bits per heavy atom. The van der Waals surface area contributed by atoms with E-state index in [2.05, 4.69) is 10.2 Å². The Morgan fingerprint density at radius 3 is 2.83 bits per heavy atom. The van der Waals surface area contributed by atoms with Gasteiger partial charge in [0.05, 0.1) is 18.6 Å². The minimum absolute atomic E-state index is 0.111. The lowest BCUT2D eigenvalue weighted by Crippen LogP contribution is -2.63. The number of hydrogen-bond donors (Lipinski definition) is 1. The molecule has 2 aliphatic rings. The summed E-state index contributed by atoms with van der Waals surface area (Å²) in [4.78, 5) is 14.5. The molecule has 1 amide bonds. The van der Waals surface area contributed by atoms with E-state index >= 15 is 0 Å². The lowest BCUT2D eigenvalue weighted by molar-refractivity contribution is -0.142. The summed E-state index contributed by atoms with van der Waals surface area (Å²) < 4.78 is 5.31. The number of nitrogens with zero attached hydrogens (tertiary/aromatic N) is 1. The van der Waals surface area contributed by atoms with Crippen molar-refractivity contribution in [2.24, 2.45) is 0 Å². The standard InChI is InChI=1S/C14H26N2O2/c1-2-18-11-6-13(17)16-10-9-15-12-14(16)7-4-3-5-8-14/h15H,2-12H2,1H3. The predicted molar refractivity (Wildman–Crippen MR) is 71.5 cm³/mol. The fourth-order valence-corrected chi connectivity index (χ4v) is 3.33. The predicted octanol–water partition coefficient (Wildman–Crippen LogP) is 1.55. The van der Waals surface area contributed by atoms with Crippen LogP contribution in [0.4, 0.5) is 0 Å². The topological polar surface area (TPSA) is 41.6 Å². The molecule has 1 aliphatic carbocycles. The Kier molecular flexibility index (Phi) is 5.01. The van der Waals surface area contributed by atoms with Gasteiger partial charge in [0.1, 0.15) is 0 Å². The van der Waals surface area contributed by atoms with Gasteiger partial charge in [-0.3, -0.25) is 4.79 Å². The maximum Gasteiger partial charge on any atom is 0.225 e. The quantitative estimate of drug-likeness (QED) is 0.774. The summed E-state index contributed by atoms with van der Waals surface area (Å²) in [6.45, 7) is 6.01. The first-order valence-corrected chi connectivity index (χ1v) is 7.37. The molecular formula is C14H26N2O2. The fraction of sp³-hybridized carbons (Fsp3) is 0.929. The van der Waals surface area contributed by atoms with E-state index in [1.54, 1.807) is 0 Å². The van der Waals surface area contributed by atoms with Gasteiger partial charge in [0.25, 0.3) is 0 Å². The maximum atomic E-state index is 12.4. The molecule has 1 spiro atoms. The number of amides is 1. The van der Waals surface area contributed by atoms with Gasteiger partial charge in [0, 0.05) is 26.2 Å². The highest BCUT2D eigenvalue weighted by Crippen LogP contribution is 2.34. The Balaban J connectivity index is 1.96. The second kappa shape index (κ2) is 6.53. The van der Waals surface area contributed by atoms with Crippen LogP contribution >= 0.6 is 0 Å². The molecule has 1 aliphatic heterocycles. The molecular weight excluding hydrogens is 228 g/mol. The third-order valence-corrected chi connectivity index (χ3v) is 4.29. The molecule has 0 unspecified atom stereocenters. The summed E-state index contributed by atoms with van der Waals surface area (Å²) in [5.41, 5.74) is 0.111. The normalized spacial score (nSPS) is 23.3. The van der Waals surface area contributed by atoms with E-state index in [1.165, 1.54) is 32.1 Å². The van der Waals surface area contributed by atoms with Gasteiger partial charge in [-0.1, -0.05) is 19.3 Å². The van der Waals surface area contributed by atoms with Crippen LogP contribution in [0.5, 0.6) is 0 Å². The molecule has 0 atom stereocenters. The van der Waals surface area contributed by atoms with Crippen LogP contribution in [-0.4, -0.2) is 49.2 Å². The first-order valence-electron chi connectivity index (χ1n) is 7.37. The summed E-state index contributed by atoms with van der Waals surface area (Å²) in [6, 6.07) is 0. The molecule has 0 bridgehead atoms. The van der Waals surface area contributed by atoms with Gasteiger partial charge in [0.15, 0.2) is 0 Å². The largest absolute Gasteiger partial charge is 0.381 e. The maximum absolute atomic E-state index is 12.4. The third kappa shape index (κ3) is 3.04. The second-order valence-electron chi connectivity index (χ2n) is 5.45. The van der Waals surface area contributed by atoms with Crippen molar-refractivity contribution in [1.82, 2.24) is 10.2 Å². The van der Waals surface area contributed by atoms with Crippen molar-refractivity contribution < 1.29 is 9.53 Å². The SMILES string of the molecule is CCOCCC(=O)N1CCNCC12CCCCC2. The summed E-state index contributed by atoms with van der Waals surface area (Å²) in [7, 11) is 0. The van der Waals surface area contributed by atoms with Crippen molar-refractivity contribution in [3.8, 4) is 0 Å². The molecule has 1 saturated heterocycles. The van der Waals surface area contributed by atoms with Crippen LogP contribution in [-0.2, 0) is 9.53 Å². The van der Waals surface area contributed by atoms with Crippen molar-refractivity contribution in [3.05, 3.63) is 0 Å². The third-order valence-electron chi connectivity index (χ3n) is 4.29. The zero-order valence-corrected chi connectivity index (χ0v) is 11.5. The lowest BCUT2D eigenvalue weighted by atomic mass is 9.79. The Hall–Kier alpha value is -0.610. The number of piperazine rings is 1. The lowest BCUT2D eigenvalue weighted by Gasteiger charge is -2.50. The van der Waals surface area contributed by atoms with Crippen molar-refractivity contribution in [2.45, 2.75) is 51.0 Å². The van der Waals surface area contributed by atoms with Gasteiger partial charge in [-0.2, -0.15) is 0 Å². The number of rotatable bonds is 4. The van der Waals surface area contributed by atoms with Gasteiger partial charge in [0.2, 0.25) is 5.91 Å². The summed E-state index contributed by atoms with van der Waals surface area (Å²) >= 11 is 0. The van der Waals surface area contributed by atoms with Gasteiger partial charge in [-0.15, -0.1) is 0 Å².